The Morgan fingerprint density at radius 3 is 2.39 bits per heavy atom. The molecular formula is C25H33N5O3. The molecule has 8 heteroatoms. The molecule has 1 aliphatic rings. The van der Waals surface area contributed by atoms with Crippen LogP contribution in [-0.2, 0) is 11.3 Å². The number of amides is 1. The third-order valence-electron chi connectivity index (χ3n) is 5.39. The first-order valence-corrected chi connectivity index (χ1v) is 11.3. The molecule has 2 aromatic carbocycles. The quantitative estimate of drug-likeness (QED) is 0.442. The highest BCUT2D eigenvalue weighted by Gasteiger charge is 2.22. The first-order chi connectivity index (χ1) is 15.8. The molecule has 1 saturated heterocycles. The highest BCUT2D eigenvalue weighted by atomic mass is 16.4. The Kier molecular flexibility index (Phi) is 8.43. The average molecular weight is 452 g/mol. The van der Waals surface area contributed by atoms with Gasteiger partial charge in [0, 0.05) is 37.9 Å². The minimum atomic E-state index is -0.968. The van der Waals surface area contributed by atoms with Gasteiger partial charge in [-0.3, -0.25) is 9.69 Å². The molecule has 0 spiro atoms. The van der Waals surface area contributed by atoms with Crippen LogP contribution in [0.5, 0.6) is 0 Å². The van der Waals surface area contributed by atoms with Crippen molar-refractivity contribution in [2.24, 2.45) is 4.99 Å². The van der Waals surface area contributed by atoms with E-state index in [2.05, 4.69) is 51.6 Å². The van der Waals surface area contributed by atoms with Gasteiger partial charge in [0.1, 0.15) is 0 Å². The van der Waals surface area contributed by atoms with Gasteiger partial charge in [-0.25, -0.2) is 9.79 Å². The van der Waals surface area contributed by atoms with Crippen LogP contribution in [0.15, 0.2) is 53.5 Å². The fraction of sp³-hybridized carbons (Fsp3) is 0.400. The van der Waals surface area contributed by atoms with Crippen LogP contribution in [0.25, 0.3) is 0 Å². The Morgan fingerprint density at radius 2 is 1.76 bits per heavy atom. The van der Waals surface area contributed by atoms with E-state index in [9.17, 15) is 14.7 Å². The van der Waals surface area contributed by atoms with Crippen molar-refractivity contribution in [3.05, 3.63) is 65.2 Å². The maximum absolute atomic E-state index is 12.1. The van der Waals surface area contributed by atoms with Crippen molar-refractivity contribution in [1.29, 1.82) is 0 Å². The number of aryl methyl sites for hydroxylation is 1. The Labute approximate surface area is 195 Å². The van der Waals surface area contributed by atoms with Crippen LogP contribution < -0.4 is 10.6 Å². The smallest absolute Gasteiger partial charge is 0.335 e. The minimum Gasteiger partial charge on any atom is -0.478 e. The van der Waals surface area contributed by atoms with E-state index in [1.807, 2.05) is 19.9 Å². The number of guanidine groups is 1. The Bertz CT molecular complexity index is 980. The van der Waals surface area contributed by atoms with Gasteiger partial charge in [0.2, 0.25) is 5.91 Å². The second-order valence-corrected chi connectivity index (χ2v) is 8.62. The summed E-state index contributed by atoms with van der Waals surface area (Å²) in [7, 11) is 0. The number of carbonyl (C=O) groups is 2. The summed E-state index contributed by atoms with van der Waals surface area (Å²) in [5, 5.41) is 15.6. The fourth-order valence-corrected chi connectivity index (χ4v) is 3.63. The lowest BCUT2D eigenvalue weighted by Gasteiger charge is -2.36. The van der Waals surface area contributed by atoms with Crippen molar-refractivity contribution in [3.63, 3.8) is 0 Å². The number of piperazine rings is 1. The summed E-state index contributed by atoms with van der Waals surface area (Å²) in [5.41, 5.74) is 3.20. The van der Waals surface area contributed by atoms with Crippen LogP contribution in [0.3, 0.4) is 0 Å². The minimum absolute atomic E-state index is 0.0373. The molecule has 2 aromatic rings. The van der Waals surface area contributed by atoms with Crippen LogP contribution in [0, 0.1) is 6.92 Å². The summed E-state index contributed by atoms with van der Waals surface area (Å²) in [6.07, 6.45) is 0. The molecule has 0 atom stereocenters. The number of aliphatic imine (C=N–C) groups is 1. The first kappa shape index (κ1) is 24.3. The monoisotopic (exact) mass is 451 g/mol. The topological polar surface area (TPSA) is 97.3 Å². The average Bonchev–Trinajstić information content (AvgIpc) is 2.78. The van der Waals surface area contributed by atoms with Crippen molar-refractivity contribution in [1.82, 2.24) is 15.1 Å². The molecule has 0 aromatic heterocycles. The van der Waals surface area contributed by atoms with Gasteiger partial charge >= 0.3 is 5.97 Å². The van der Waals surface area contributed by atoms with E-state index >= 15 is 0 Å². The predicted octanol–water partition coefficient (Wildman–Crippen LogP) is 2.80. The Hall–Kier alpha value is -3.39. The fourth-order valence-electron chi connectivity index (χ4n) is 3.63. The number of aromatic carboxylic acids is 1. The maximum atomic E-state index is 12.1. The zero-order valence-electron chi connectivity index (χ0n) is 19.5. The van der Waals surface area contributed by atoms with Gasteiger partial charge < -0.3 is 20.6 Å². The third-order valence-corrected chi connectivity index (χ3v) is 5.39. The zero-order chi connectivity index (χ0) is 23.8. The van der Waals surface area contributed by atoms with E-state index in [0.29, 0.717) is 37.8 Å². The van der Waals surface area contributed by atoms with Crippen molar-refractivity contribution in [2.45, 2.75) is 33.4 Å². The van der Waals surface area contributed by atoms with Crippen molar-refractivity contribution in [3.8, 4) is 0 Å². The molecule has 1 aliphatic heterocycles. The van der Waals surface area contributed by atoms with Crippen LogP contribution in [0.1, 0.15) is 35.3 Å². The van der Waals surface area contributed by atoms with E-state index in [4.69, 9.17) is 4.99 Å². The molecule has 1 fully saturated rings. The number of hydrogen-bond donors (Lipinski definition) is 3. The molecule has 1 amide bonds. The normalized spacial score (nSPS) is 14.9. The van der Waals surface area contributed by atoms with Crippen LogP contribution in [0.2, 0.25) is 0 Å². The summed E-state index contributed by atoms with van der Waals surface area (Å²) in [6, 6.07) is 15.1. The van der Waals surface area contributed by atoms with Gasteiger partial charge in [-0.05, 0) is 44.5 Å². The van der Waals surface area contributed by atoms with E-state index in [0.717, 1.165) is 18.7 Å². The summed E-state index contributed by atoms with van der Waals surface area (Å²) >= 11 is 0. The maximum Gasteiger partial charge on any atom is 0.335 e. The molecule has 3 N–H and O–H groups in total. The molecule has 33 heavy (non-hydrogen) atoms. The lowest BCUT2D eigenvalue weighted by molar-refractivity contribution is -0.123. The SMILES string of the molecule is Cc1ccc(CN=C(Nc2cccc(C(=O)O)c2)N2CCN(CC(=O)NC(C)C)CC2)cc1. The number of benzene rings is 2. The summed E-state index contributed by atoms with van der Waals surface area (Å²) in [4.78, 5) is 32.6. The standard InChI is InChI=1S/C25H33N5O3/c1-18(2)27-23(31)17-29-11-13-30(14-12-29)25(26-16-20-9-7-19(3)8-10-20)28-22-6-4-5-21(15-22)24(32)33/h4-10,15,18H,11-14,16-17H2,1-3H3,(H,26,28)(H,27,31)(H,32,33). The summed E-state index contributed by atoms with van der Waals surface area (Å²) < 4.78 is 0. The molecule has 3 rings (SSSR count). The van der Waals surface area contributed by atoms with Gasteiger partial charge in [-0.2, -0.15) is 0 Å². The largest absolute Gasteiger partial charge is 0.478 e. The number of anilines is 1. The van der Waals surface area contributed by atoms with E-state index in [-0.39, 0.29) is 17.5 Å². The highest BCUT2D eigenvalue weighted by Crippen LogP contribution is 2.14. The number of carbonyl (C=O) groups excluding carboxylic acids is 1. The first-order valence-electron chi connectivity index (χ1n) is 11.3. The van der Waals surface area contributed by atoms with Gasteiger partial charge in [0.25, 0.3) is 0 Å². The van der Waals surface area contributed by atoms with Crippen LogP contribution in [0.4, 0.5) is 5.69 Å². The number of carboxylic acids is 1. The molecule has 0 bridgehead atoms. The lowest BCUT2D eigenvalue weighted by Crippen LogP contribution is -2.53. The van der Waals surface area contributed by atoms with Crippen LogP contribution in [-0.4, -0.2) is 71.5 Å². The van der Waals surface area contributed by atoms with Gasteiger partial charge in [0.05, 0.1) is 18.7 Å². The van der Waals surface area contributed by atoms with E-state index < -0.39 is 5.97 Å². The van der Waals surface area contributed by atoms with Crippen molar-refractivity contribution >= 4 is 23.5 Å². The molecule has 0 unspecified atom stereocenters. The predicted molar refractivity (Wildman–Crippen MR) is 131 cm³/mol. The molecule has 0 saturated carbocycles. The number of hydrogen-bond acceptors (Lipinski definition) is 4. The second kappa shape index (κ2) is 11.5. The molecular weight excluding hydrogens is 418 g/mol. The molecule has 1 heterocycles. The lowest BCUT2D eigenvalue weighted by atomic mass is 10.1. The third kappa shape index (κ3) is 7.61. The van der Waals surface area contributed by atoms with E-state index in [1.165, 1.54) is 5.56 Å². The second-order valence-electron chi connectivity index (χ2n) is 8.62. The van der Waals surface area contributed by atoms with Crippen molar-refractivity contribution < 1.29 is 14.7 Å². The van der Waals surface area contributed by atoms with E-state index in [1.54, 1.807) is 18.2 Å². The number of rotatable bonds is 7. The molecule has 0 aliphatic carbocycles. The number of carboxylic acid groups (broad SMARTS) is 1. The Morgan fingerprint density at radius 1 is 1.06 bits per heavy atom. The molecule has 176 valence electrons. The Balaban J connectivity index is 1.71. The summed E-state index contributed by atoms with van der Waals surface area (Å²) in [6.45, 7) is 9.78. The van der Waals surface area contributed by atoms with Crippen LogP contribution >= 0.6 is 0 Å². The summed E-state index contributed by atoms with van der Waals surface area (Å²) in [5.74, 6) is -0.232. The molecule has 8 nitrogen and oxygen atoms in total. The van der Waals surface area contributed by atoms with Gasteiger partial charge in [-0.15, -0.1) is 0 Å². The number of nitrogens with one attached hydrogen (secondary N) is 2. The van der Waals surface area contributed by atoms with Crippen molar-refractivity contribution in [2.75, 3.05) is 38.0 Å². The number of nitrogens with zero attached hydrogens (tertiary/aromatic N) is 3. The zero-order valence-corrected chi connectivity index (χ0v) is 19.5. The highest BCUT2D eigenvalue weighted by molar-refractivity contribution is 5.95. The molecule has 0 radical (unpaired) electrons. The van der Waals surface area contributed by atoms with Gasteiger partial charge in [0.15, 0.2) is 5.96 Å². The van der Waals surface area contributed by atoms with Gasteiger partial charge in [-0.1, -0.05) is 35.9 Å².